The van der Waals surface area contributed by atoms with Gasteiger partial charge in [0.15, 0.2) is 0 Å². The Hall–Kier alpha value is -2.04. The number of nitrogens with one attached hydrogen (secondary N) is 1. The van der Waals surface area contributed by atoms with E-state index < -0.39 is 6.04 Å². The second-order valence-corrected chi connectivity index (χ2v) is 8.44. The third-order valence-corrected chi connectivity index (χ3v) is 5.96. The highest BCUT2D eigenvalue weighted by atomic mass is 35.5. The van der Waals surface area contributed by atoms with Gasteiger partial charge in [0.25, 0.3) is 0 Å². The van der Waals surface area contributed by atoms with Crippen LogP contribution < -0.4 is 5.32 Å². The average molecular weight is 449 g/mol. The lowest BCUT2D eigenvalue weighted by Crippen LogP contribution is -2.51. The molecular weight excluding hydrogens is 419 g/mol. The van der Waals surface area contributed by atoms with Gasteiger partial charge in [0.1, 0.15) is 6.04 Å². The minimum Gasteiger partial charge on any atom is -0.352 e. The zero-order chi connectivity index (χ0) is 22.3. The first-order valence-corrected chi connectivity index (χ1v) is 11.1. The summed E-state index contributed by atoms with van der Waals surface area (Å²) in [5.41, 5.74) is 2.68. The van der Waals surface area contributed by atoms with Gasteiger partial charge < -0.3 is 10.2 Å². The van der Waals surface area contributed by atoms with Crippen molar-refractivity contribution < 1.29 is 9.59 Å². The topological polar surface area (TPSA) is 49.4 Å². The molecule has 0 aromatic heterocycles. The van der Waals surface area contributed by atoms with E-state index in [0.29, 0.717) is 22.0 Å². The van der Waals surface area contributed by atoms with E-state index in [1.165, 1.54) is 0 Å². The number of amides is 2. The lowest BCUT2D eigenvalue weighted by molar-refractivity contribution is -0.141. The summed E-state index contributed by atoms with van der Waals surface area (Å²) in [6, 6.07) is 12.5. The Kier molecular flexibility index (Phi) is 9.19. The number of benzene rings is 2. The number of carbonyl (C=O) groups is 2. The van der Waals surface area contributed by atoms with Gasteiger partial charge >= 0.3 is 0 Å². The second kappa shape index (κ2) is 11.4. The second-order valence-electron chi connectivity index (χ2n) is 7.63. The minimum atomic E-state index is -0.607. The molecule has 1 N–H and O–H groups in total. The van der Waals surface area contributed by atoms with Crippen LogP contribution in [0, 0.1) is 6.92 Å². The Bertz CT molecular complexity index is 848. The van der Waals surface area contributed by atoms with E-state index in [1.807, 2.05) is 52.0 Å². The smallest absolute Gasteiger partial charge is 0.243 e. The average Bonchev–Trinajstić information content (AvgIpc) is 2.71. The molecule has 0 heterocycles. The van der Waals surface area contributed by atoms with Crippen molar-refractivity contribution in [2.45, 2.75) is 65.6 Å². The molecule has 0 unspecified atom stereocenters. The first kappa shape index (κ1) is 24.2. The summed E-state index contributed by atoms with van der Waals surface area (Å²) in [5.74, 6) is -0.298. The van der Waals surface area contributed by atoms with Gasteiger partial charge in [0, 0.05) is 28.2 Å². The molecule has 0 fully saturated rings. The summed E-state index contributed by atoms with van der Waals surface area (Å²) in [6.07, 6.45) is 1.51. The molecular formula is C24H30Cl2N2O2. The molecule has 2 rings (SSSR count). The van der Waals surface area contributed by atoms with Gasteiger partial charge in [-0.1, -0.05) is 72.9 Å². The van der Waals surface area contributed by atoms with Gasteiger partial charge in [0.05, 0.1) is 6.42 Å². The van der Waals surface area contributed by atoms with E-state index in [9.17, 15) is 9.59 Å². The molecule has 0 aliphatic rings. The third-order valence-electron chi connectivity index (χ3n) is 5.25. The predicted molar refractivity (Wildman–Crippen MR) is 124 cm³/mol. The maximum atomic E-state index is 13.3. The van der Waals surface area contributed by atoms with Crippen molar-refractivity contribution in [3.63, 3.8) is 0 Å². The van der Waals surface area contributed by atoms with Crippen LogP contribution in [0.5, 0.6) is 0 Å². The van der Waals surface area contributed by atoms with E-state index in [1.54, 1.807) is 23.1 Å². The molecule has 0 bridgehead atoms. The highest BCUT2D eigenvalue weighted by Crippen LogP contribution is 2.27. The predicted octanol–water partition coefficient (Wildman–Crippen LogP) is 5.57. The molecule has 2 atom stereocenters. The number of aryl methyl sites for hydroxylation is 1. The third kappa shape index (κ3) is 6.48. The molecule has 4 nitrogen and oxygen atoms in total. The Labute approximate surface area is 189 Å². The van der Waals surface area contributed by atoms with E-state index in [0.717, 1.165) is 17.5 Å². The molecule has 0 saturated heterocycles. The van der Waals surface area contributed by atoms with Crippen LogP contribution in [-0.4, -0.2) is 28.8 Å². The fourth-order valence-corrected chi connectivity index (χ4v) is 3.71. The quantitative estimate of drug-likeness (QED) is 0.545. The Morgan fingerprint density at radius 3 is 2.13 bits per heavy atom. The molecule has 0 radical (unpaired) electrons. The summed E-state index contributed by atoms with van der Waals surface area (Å²) >= 11 is 12.7. The zero-order valence-electron chi connectivity index (χ0n) is 18.0. The zero-order valence-corrected chi connectivity index (χ0v) is 19.6. The summed E-state index contributed by atoms with van der Waals surface area (Å²) in [4.78, 5) is 27.9. The van der Waals surface area contributed by atoms with E-state index in [4.69, 9.17) is 23.2 Å². The number of carbonyl (C=O) groups excluding carboxylic acids is 2. The van der Waals surface area contributed by atoms with Gasteiger partial charge in [-0.05, 0) is 44.4 Å². The van der Waals surface area contributed by atoms with Gasteiger partial charge in [-0.3, -0.25) is 9.59 Å². The van der Waals surface area contributed by atoms with Crippen LogP contribution in [0.4, 0.5) is 0 Å². The number of rotatable bonds is 9. The van der Waals surface area contributed by atoms with Crippen molar-refractivity contribution in [2.24, 2.45) is 0 Å². The van der Waals surface area contributed by atoms with Gasteiger partial charge in [-0.15, -0.1) is 0 Å². The first-order chi connectivity index (χ1) is 14.3. The van der Waals surface area contributed by atoms with E-state index >= 15 is 0 Å². The highest BCUT2D eigenvalue weighted by molar-refractivity contribution is 6.36. The maximum Gasteiger partial charge on any atom is 0.243 e. The molecule has 6 heteroatoms. The van der Waals surface area contributed by atoms with Gasteiger partial charge in [-0.2, -0.15) is 0 Å². The number of nitrogens with zero attached hydrogens (tertiary/aromatic N) is 1. The number of hydrogen-bond acceptors (Lipinski definition) is 2. The van der Waals surface area contributed by atoms with Gasteiger partial charge in [0.2, 0.25) is 11.8 Å². The highest BCUT2D eigenvalue weighted by Gasteiger charge is 2.30. The SMILES string of the molecule is CC[C@@H](C)NC(=O)[C@@H](CC)N(Cc1c(Cl)cccc1Cl)C(=O)Cc1ccc(C)cc1. The van der Waals surface area contributed by atoms with Crippen LogP contribution in [0.3, 0.4) is 0 Å². The Morgan fingerprint density at radius 1 is 1.00 bits per heavy atom. The van der Waals surface area contributed by atoms with Crippen molar-refractivity contribution in [1.82, 2.24) is 10.2 Å². The van der Waals surface area contributed by atoms with Gasteiger partial charge in [-0.25, -0.2) is 0 Å². The van der Waals surface area contributed by atoms with Crippen molar-refractivity contribution in [3.8, 4) is 0 Å². The molecule has 2 amide bonds. The van der Waals surface area contributed by atoms with Crippen LogP contribution in [0.15, 0.2) is 42.5 Å². The summed E-state index contributed by atoms with van der Waals surface area (Å²) in [5, 5.41) is 3.96. The molecule has 0 saturated carbocycles. The lowest BCUT2D eigenvalue weighted by atomic mass is 10.1. The van der Waals surface area contributed by atoms with Crippen LogP contribution in [-0.2, 0) is 22.6 Å². The van der Waals surface area contributed by atoms with Crippen LogP contribution in [0.25, 0.3) is 0 Å². The largest absolute Gasteiger partial charge is 0.352 e. The lowest BCUT2D eigenvalue weighted by Gasteiger charge is -2.32. The molecule has 0 aliphatic heterocycles. The van der Waals surface area contributed by atoms with Crippen molar-refractivity contribution in [3.05, 3.63) is 69.2 Å². The molecule has 30 heavy (non-hydrogen) atoms. The fraction of sp³-hybridized carbons (Fsp3) is 0.417. The Balaban J connectivity index is 2.35. The molecule has 0 aliphatic carbocycles. The summed E-state index contributed by atoms with van der Waals surface area (Å²) in [7, 11) is 0. The van der Waals surface area contributed by atoms with Crippen LogP contribution in [0.1, 0.15) is 50.3 Å². The fourth-order valence-electron chi connectivity index (χ4n) is 3.20. The van der Waals surface area contributed by atoms with Crippen molar-refractivity contribution >= 4 is 35.0 Å². The number of hydrogen-bond donors (Lipinski definition) is 1. The Morgan fingerprint density at radius 2 is 1.60 bits per heavy atom. The summed E-state index contributed by atoms with van der Waals surface area (Å²) in [6.45, 7) is 8.05. The molecule has 162 valence electrons. The van der Waals surface area contributed by atoms with Crippen molar-refractivity contribution in [1.29, 1.82) is 0 Å². The normalized spacial score (nSPS) is 12.9. The van der Waals surface area contributed by atoms with E-state index in [-0.39, 0.29) is 30.8 Å². The van der Waals surface area contributed by atoms with Crippen molar-refractivity contribution in [2.75, 3.05) is 0 Å². The summed E-state index contributed by atoms with van der Waals surface area (Å²) < 4.78 is 0. The molecule has 2 aromatic carbocycles. The van der Waals surface area contributed by atoms with Crippen LogP contribution in [0.2, 0.25) is 10.0 Å². The monoisotopic (exact) mass is 448 g/mol. The maximum absolute atomic E-state index is 13.3. The molecule has 0 spiro atoms. The standard InChI is InChI=1S/C24H30Cl2N2O2/c1-5-17(4)27-24(30)22(6-2)28(15-19-20(25)8-7-9-21(19)26)23(29)14-18-12-10-16(3)11-13-18/h7-13,17,22H,5-6,14-15H2,1-4H3,(H,27,30)/t17-,22-/m1/s1. The minimum absolute atomic E-state index is 0.0319. The van der Waals surface area contributed by atoms with Crippen LogP contribution >= 0.6 is 23.2 Å². The molecule has 2 aromatic rings. The first-order valence-electron chi connectivity index (χ1n) is 10.3. The van der Waals surface area contributed by atoms with E-state index in [2.05, 4.69) is 5.32 Å². The number of halogens is 2.